The number of nitrogens with one attached hydrogen (secondary N) is 1. The van der Waals surface area contributed by atoms with Gasteiger partial charge in [-0.3, -0.25) is 0 Å². The Hall–Kier alpha value is -5.46. The van der Waals surface area contributed by atoms with Crippen LogP contribution in [0.1, 0.15) is 29.3 Å². The summed E-state index contributed by atoms with van der Waals surface area (Å²) in [6.07, 6.45) is 0.946. The zero-order valence-corrected chi connectivity index (χ0v) is 32.5. The second kappa shape index (κ2) is 18.2. The summed E-state index contributed by atoms with van der Waals surface area (Å²) in [5.41, 5.74) is 1.36. The maximum absolute atomic E-state index is 13.4. The molecular formula is C40H48NO10P. The van der Waals surface area contributed by atoms with Gasteiger partial charge in [-0.25, -0.2) is 0 Å². The summed E-state index contributed by atoms with van der Waals surface area (Å²) in [4.78, 5) is 13.4. The molecule has 0 unspecified atom stereocenters. The molecule has 0 heterocycles. The van der Waals surface area contributed by atoms with Crippen LogP contribution in [0.5, 0.6) is 51.7 Å². The zero-order chi connectivity index (χ0) is 37.8. The average molecular weight is 734 g/mol. The van der Waals surface area contributed by atoms with Crippen LogP contribution in [0.3, 0.4) is 0 Å². The fourth-order valence-corrected chi connectivity index (χ4v) is 12.3. The summed E-state index contributed by atoms with van der Waals surface area (Å²) in [5.74, 6) is 10.3. The van der Waals surface area contributed by atoms with Crippen LogP contribution in [0.25, 0.3) is 0 Å². The van der Waals surface area contributed by atoms with E-state index in [1.807, 2.05) is 48.5 Å². The average Bonchev–Trinajstić information content (AvgIpc) is 3.19. The number of ether oxygens (including phenoxy) is 9. The molecular weight excluding hydrogens is 685 g/mol. The second-order valence-corrected chi connectivity index (χ2v) is 15.2. The molecule has 0 aliphatic carbocycles. The van der Waals surface area contributed by atoms with E-state index in [0.29, 0.717) is 76.4 Å². The van der Waals surface area contributed by atoms with E-state index in [1.165, 1.54) is 0 Å². The van der Waals surface area contributed by atoms with Crippen LogP contribution in [0, 0.1) is 11.8 Å². The van der Waals surface area contributed by atoms with Crippen molar-refractivity contribution in [3.63, 3.8) is 0 Å². The van der Waals surface area contributed by atoms with Crippen LogP contribution in [0.15, 0.2) is 60.7 Å². The monoisotopic (exact) mass is 733 g/mol. The predicted octanol–water partition coefficient (Wildman–Crippen LogP) is 4.98. The van der Waals surface area contributed by atoms with Crippen molar-refractivity contribution in [3.8, 4) is 63.6 Å². The third kappa shape index (κ3) is 7.88. The Morgan fingerprint density at radius 2 is 0.904 bits per heavy atom. The van der Waals surface area contributed by atoms with Crippen molar-refractivity contribution < 1.29 is 47.4 Å². The standard InChI is InChI=1S/C40H48NO10P/c1-11-13-26-14-16-27(17-15-26)40(42)41-18-12-19-52(37-31(46-5)20-28(43-2)21-32(37)47-6,38-33(48-7)22-29(44-3)23-34(38)49-8)39-35(50-9)24-30(45-4)25-36(39)51-10/h14-17,20-25,52H,12,18-19H2,1-10H3,(H,41,42). The summed E-state index contributed by atoms with van der Waals surface area (Å²) in [5, 5.41) is 5.31. The molecule has 4 aromatic carbocycles. The van der Waals surface area contributed by atoms with Crippen molar-refractivity contribution in [3.05, 3.63) is 71.8 Å². The van der Waals surface area contributed by atoms with E-state index in [4.69, 9.17) is 42.6 Å². The Bertz CT molecular complexity index is 1690. The first-order valence-corrected chi connectivity index (χ1v) is 18.7. The molecule has 0 radical (unpaired) electrons. The molecule has 52 heavy (non-hydrogen) atoms. The van der Waals surface area contributed by atoms with Crippen molar-refractivity contribution in [2.75, 3.05) is 76.7 Å². The number of amides is 1. The molecule has 1 N–H and O–H groups in total. The minimum atomic E-state index is -3.68. The fraction of sp³-hybridized carbons (Fsp3) is 0.325. The molecule has 0 atom stereocenters. The topological polar surface area (TPSA) is 112 Å². The van der Waals surface area contributed by atoms with Gasteiger partial charge in [0.15, 0.2) is 0 Å². The quantitative estimate of drug-likeness (QED) is 0.0907. The van der Waals surface area contributed by atoms with E-state index in [1.54, 1.807) is 83.0 Å². The summed E-state index contributed by atoms with van der Waals surface area (Å²) >= 11 is 0. The first kappa shape index (κ1) is 39.3. The van der Waals surface area contributed by atoms with E-state index in [0.717, 1.165) is 21.5 Å². The third-order valence-corrected chi connectivity index (χ3v) is 14.0. The molecule has 12 heteroatoms. The molecule has 0 saturated carbocycles. The van der Waals surface area contributed by atoms with Crippen molar-refractivity contribution in [1.82, 2.24) is 5.32 Å². The fourth-order valence-electron chi connectivity index (χ4n) is 6.54. The summed E-state index contributed by atoms with van der Waals surface area (Å²) in [7, 11) is 10.6. The SMILES string of the molecule is CC#Cc1ccc(C(=O)NCCC[PH](c2c(OC)cc(OC)cc2OC)(c2c(OC)cc(OC)cc2OC)c2c(OC)cc(OC)cc2OC)cc1. The summed E-state index contributed by atoms with van der Waals surface area (Å²) < 4.78 is 54.1. The van der Waals surface area contributed by atoms with Gasteiger partial charge in [0, 0.05) is 0 Å². The van der Waals surface area contributed by atoms with Gasteiger partial charge in [0.1, 0.15) is 0 Å². The van der Waals surface area contributed by atoms with Gasteiger partial charge in [-0.2, -0.15) is 0 Å². The molecule has 0 aromatic heterocycles. The molecule has 0 aliphatic heterocycles. The molecule has 0 bridgehead atoms. The minimum absolute atomic E-state index is 0.206. The van der Waals surface area contributed by atoms with Crippen molar-refractivity contribution in [1.29, 1.82) is 0 Å². The molecule has 4 rings (SSSR count). The van der Waals surface area contributed by atoms with Crippen molar-refractivity contribution in [2.24, 2.45) is 0 Å². The number of carbonyl (C=O) groups is 1. The van der Waals surface area contributed by atoms with Crippen LogP contribution < -0.4 is 63.9 Å². The molecule has 0 saturated heterocycles. The third-order valence-electron chi connectivity index (χ3n) is 8.86. The van der Waals surface area contributed by atoms with Gasteiger partial charge >= 0.3 is 307 Å². The zero-order valence-electron chi connectivity index (χ0n) is 31.5. The van der Waals surface area contributed by atoms with Gasteiger partial charge in [-0.05, 0) is 0 Å². The van der Waals surface area contributed by atoms with Crippen LogP contribution in [-0.2, 0) is 0 Å². The van der Waals surface area contributed by atoms with E-state index in [-0.39, 0.29) is 5.91 Å². The van der Waals surface area contributed by atoms with E-state index in [9.17, 15) is 4.79 Å². The Morgan fingerprint density at radius 1 is 0.558 bits per heavy atom. The number of rotatable bonds is 17. The molecule has 278 valence electrons. The van der Waals surface area contributed by atoms with E-state index >= 15 is 0 Å². The Kier molecular flexibility index (Phi) is 13.7. The molecule has 11 nitrogen and oxygen atoms in total. The number of benzene rings is 4. The molecule has 0 aliphatic rings. The van der Waals surface area contributed by atoms with Gasteiger partial charge in [-0.15, -0.1) is 0 Å². The van der Waals surface area contributed by atoms with Gasteiger partial charge in [0.2, 0.25) is 0 Å². The van der Waals surface area contributed by atoms with Crippen molar-refractivity contribution in [2.45, 2.75) is 13.3 Å². The number of hydrogen-bond acceptors (Lipinski definition) is 10. The summed E-state index contributed by atoms with van der Waals surface area (Å²) in [6, 6.07) is 18.1. The Labute approximate surface area is 306 Å². The predicted molar refractivity (Wildman–Crippen MR) is 206 cm³/mol. The van der Waals surface area contributed by atoms with Crippen LogP contribution >= 0.6 is 7.26 Å². The molecule has 4 aromatic rings. The number of methoxy groups -OCH3 is 9. The molecule has 0 fully saturated rings. The van der Waals surface area contributed by atoms with Gasteiger partial charge in [0.25, 0.3) is 0 Å². The van der Waals surface area contributed by atoms with Crippen molar-refractivity contribution >= 4 is 29.1 Å². The van der Waals surface area contributed by atoms with Gasteiger partial charge in [0.05, 0.1) is 0 Å². The maximum atomic E-state index is 13.4. The molecule has 1 amide bonds. The van der Waals surface area contributed by atoms with E-state index < -0.39 is 7.26 Å². The molecule has 0 spiro atoms. The van der Waals surface area contributed by atoms with Crippen LogP contribution in [0.4, 0.5) is 0 Å². The Morgan fingerprint density at radius 3 is 1.19 bits per heavy atom. The second-order valence-electron chi connectivity index (χ2n) is 11.4. The van der Waals surface area contributed by atoms with Gasteiger partial charge in [-0.1, -0.05) is 0 Å². The van der Waals surface area contributed by atoms with Crippen LogP contribution in [-0.4, -0.2) is 82.6 Å². The van der Waals surface area contributed by atoms with Gasteiger partial charge < -0.3 is 0 Å². The number of carbonyl (C=O) groups excluding carboxylic acids is 1. The van der Waals surface area contributed by atoms with Crippen LogP contribution in [0.2, 0.25) is 0 Å². The summed E-state index contributed by atoms with van der Waals surface area (Å²) in [6.45, 7) is 2.10. The first-order valence-electron chi connectivity index (χ1n) is 16.5. The number of hydrogen-bond donors (Lipinski definition) is 1. The normalized spacial score (nSPS) is 11.0. The van der Waals surface area contributed by atoms with E-state index in [2.05, 4.69) is 17.2 Å². The first-order chi connectivity index (χ1) is 25.2. The Balaban J connectivity index is 2.10.